The lowest BCUT2D eigenvalue weighted by molar-refractivity contribution is 0.224. The van der Waals surface area contributed by atoms with Gasteiger partial charge < -0.3 is 5.73 Å². The first-order valence-corrected chi connectivity index (χ1v) is 6.90. The van der Waals surface area contributed by atoms with Crippen LogP contribution >= 0.6 is 11.8 Å². The number of hydrogen-bond donors (Lipinski definition) is 1. The van der Waals surface area contributed by atoms with Gasteiger partial charge in [0.05, 0.1) is 0 Å². The fourth-order valence-electron chi connectivity index (χ4n) is 2.80. The SMILES string of the molecule is NCCN1CCSC2(CCCCC2)C1. The lowest BCUT2D eigenvalue weighted by atomic mass is 9.87. The third-order valence-corrected chi connectivity index (χ3v) is 5.07. The van der Waals surface area contributed by atoms with E-state index < -0.39 is 0 Å². The molecule has 2 aliphatic rings. The van der Waals surface area contributed by atoms with Crippen molar-refractivity contribution in [2.45, 2.75) is 36.9 Å². The Hall–Kier alpha value is 0.270. The van der Waals surface area contributed by atoms with Gasteiger partial charge in [0.1, 0.15) is 0 Å². The molecule has 2 N–H and O–H groups in total. The molecule has 0 aromatic heterocycles. The van der Waals surface area contributed by atoms with E-state index in [4.69, 9.17) is 5.73 Å². The van der Waals surface area contributed by atoms with Gasteiger partial charge in [0.25, 0.3) is 0 Å². The summed E-state index contributed by atoms with van der Waals surface area (Å²) in [6, 6.07) is 0. The molecule has 0 unspecified atom stereocenters. The van der Waals surface area contributed by atoms with E-state index in [9.17, 15) is 0 Å². The zero-order valence-corrected chi connectivity index (χ0v) is 9.82. The molecule has 1 heterocycles. The monoisotopic (exact) mass is 214 g/mol. The average molecular weight is 214 g/mol. The Morgan fingerprint density at radius 3 is 2.71 bits per heavy atom. The van der Waals surface area contributed by atoms with E-state index in [1.807, 2.05) is 0 Å². The largest absolute Gasteiger partial charge is 0.329 e. The number of rotatable bonds is 2. The first-order valence-electron chi connectivity index (χ1n) is 5.91. The summed E-state index contributed by atoms with van der Waals surface area (Å²) >= 11 is 2.23. The van der Waals surface area contributed by atoms with Crippen molar-refractivity contribution in [1.82, 2.24) is 4.90 Å². The van der Waals surface area contributed by atoms with Crippen molar-refractivity contribution in [2.24, 2.45) is 5.73 Å². The highest BCUT2D eigenvalue weighted by atomic mass is 32.2. The number of nitrogens with zero attached hydrogens (tertiary/aromatic N) is 1. The van der Waals surface area contributed by atoms with Gasteiger partial charge >= 0.3 is 0 Å². The third kappa shape index (κ3) is 2.44. The summed E-state index contributed by atoms with van der Waals surface area (Å²) in [7, 11) is 0. The quantitative estimate of drug-likeness (QED) is 0.758. The Morgan fingerprint density at radius 2 is 2.00 bits per heavy atom. The fraction of sp³-hybridized carbons (Fsp3) is 1.00. The molecule has 0 atom stereocenters. The van der Waals surface area contributed by atoms with Gasteiger partial charge in [-0.1, -0.05) is 19.3 Å². The Kier molecular flexibility index (Phi) is 3.74. The van der Waals surface area contributed by atoms with Gasteiger partial charge in [-0.3, -0.25) is 4.90 Å². The molecule has 0 aromatic carbocycles. The molecule has 1 aliphatic heterocycles. The summed E-state index contributed by atoms with van der Waals surface area (Å²) in [4.78, 5) is 2.57. The van der Waals surface area contributed by atoms with Crippen LogP contribution in [0.3, 0.4) is 0 Å². The van der Waals surface area contributed by atoms with Crippen molar-refractivity contribution >= 4 is 11.8 Å². The molecular formula is C11H22N2S. The van der Waals surface area contributed by atoms with Crippen LogP contribution in [0.2, 0.25) is 0 Å². The van der Waals surface area contributed by atoms with Crippen LogP contribution in [0, 0.1) is 0 Å². The normalized spacial score (nSPS) is 28.1. The van der Waals surface area contributed by atoms with Crippen LogP contribution in [0.15, 0.2) is 0 Å². The second-order valence-electron chi connectivity index (χ2n) is 4.66. The van der Waals surface area contributed by atoms with Crippen molar-refractivity contribution in [3.8, 4) is 0 Å². The van der Waals surface area contributed by atoms with E-state index in [1.165, 1.54) is 50.9 Å². The van der Waals surface area contributed by atoms with E-state index >= 15 is 0 Å². The van der Waals surface area contributed by atoms with Gasteiger partial charge in [0, 0.05) is 36.7 Å². The highest BCUT2D eigenvalue weighted by molar-refractivity contribution is 8.00. The molecule has 1 aliphatic carbocycles. The molecule has 2 fully saturated rings. The number of thioether (sulfide) groups is 1. The molecule has 2 rings (SSSR count). The van der Waals surface area contributed by atoms with E-state index in [2.05, 4.69) is 16.7 Å². The third-order valence-electron chi connectivity index (χ3n) is 3.54. The van der Waals surface area contributed by atoms with Gasteiger partial charge in [-0.15, -0.1) is 0 Å². The maximum absolute atomic E-state index is 5.63. The lowest BCUT2D eigenvalue weighted by Crippen LogP contribution is -2.48. The second kappa shape index (κ2) is 4.86. The average Bonchev–Trinajstić information content (AvgIpc) is 2.19. The molecule has 0 amide bonds. The van der Waals surface area contributed by atoms with Crippen molar-refractivity contribution < 1.29 is 0 Å². The number of hydrogen-bond acceptors (Lipinski definition) is 3. The first-order chi connectivity index (χ1) is 6.85. The maximum Gasteiger partial charge on any atom is 0.0287 e. The number of nitrogens with two attached hydrogens (primary N) is 1. The second-order valence-corrected chi connectivity index (χ2v) is 6.22. The highest BCUT2D eigenvalue weighted by Gasteiger charge is 2.36. The Balaban J connectivity index is 1.91. The standard InChI is InChI=1S/C11H22N2S/c12-6-7-13-8-9-14-11(10-13)4-2-1-3-5-11/h1-10,12H2. The van der Waals surface area contributed by atoms with Gasteiger partial charge in [0.15, 0.2) is 0 Å². The predicted octanol–water partition coefficient (Wildman–Crippen LogP) is 1.70. The van der Waals surface area contributed by atoms with Crippen molar-refractivity contribution in [3.05, 3.63) is 0 Å². The molecule has 2 nitrogen and oxygen atoms in total. The van der Waals surface area contributed by atoms with Crippen molar-refractivity contribution in [2.75, 3.05) is 31.9 Å². The summed E-state index contributed by atoms with van der Waals surface area (Å²) < 4.78 is 0.617. The minimum absolute atomic E-state index is 0.617. The van der Waals surface area contributed by atoms with Gasteiger partial charge in [0.2, 0.25) is 0 Å². The molecule has 0 bridgehead atoms. The maximum atomic E-state index is 5.63. The molecule has 1 spiro atoms. The molecule has 1 saturated carbocycles. The lowest BCUT2D eigenvalue weighted by Gasteiger charge is -2.44. The smallest absolute Gasteiger partial charge is 0.0287 e. The molecule has 82 valence electrons. The summed E-state index contributed by atoms with van der Waals surface area (Å²) in [6.07, 6.45) is 7.24. The van der Waals surface area contributed by atoms with Gasteiger partial charge in [-0.05, 0) is 12.8 Å². The van der Waals surface area contributed by atoms with Crippen LogP contribution in [0.4, 0.5) is 0 Å². The van der Waals surface area contributed by atoms with E-state index in [0.717, 1.165) is 13.1 Å². The first kappa shape index (κ1) is 10.8. The van der Waals surface area contributed by atoms with Crippen LogP contribution in [0.25, 0.3) is 0 Å². The minimum atomic E-state index is 0.617. The van der Waals surface area contributed by atoms with Crippen LogP contribution in [0.5, 0.6) is 0 Å². The molecule has 3 heteroatoms. The van der Waals surface area contributed by atoms with Crippen molar-refractivity contribution in [3.63, 3.8) is 0 Å². The van der Waals surface area contributed by atoms with E-state index in [1.54, 1.807) is 0 Å². The molecule has 0 radical (unpaired) electrons. The van der Waals surface area contributed by atoms with Crippen LogP contribution in [-0.4, -0.2) is 41.6 Å². The van der Waals surface area contributed by atoms with Crippen LogP contribution in [-0.2, 0) is 0 Å². The zero-order valence-electron chi connectivity index (χ0n) is 9.00. The summed E-state index contributed by atoms with van der Waals surface area (Å²) in [6.45, 7) is 4.47. The highest BCUT2D eigenvalue weighted by Crippen LogP contribution is 2.42. The Labute approximate surface area is 91.6 Å². The Bertz CT molecular complexity index is 171. The molecular weight excluding hydrogens is 192 g/mol. The van der Waals surface area contributed by atoms with E-state index in [0.29, 0.717) is 4.75 Å². The summed E-state index contributed by atoms with van der Waals surface area (Å²) in [5, 5.41) is 0. The van der Waals surface area contributed by atoms with Crippen LogP contribution in [0.1, 0.15) is 32.1 Å². The van der Waals surface area contributed by atoms with E-state index in [-0.39, 0.29) is 0 Å². The summed E-state index contributed by atoms with van der Waals surface area (Å²) in [5.41, 5.74) is 5.63. The minimum Gasteiger partial charge on any atom is -0.329 e. The summed E-state index contributed by atoms with van der Waals surface area (Å²) in [5.74, 6) is 1.32. The van der Waals surface area contributed by atoms with Crippen molar-refractivity contribution in [1.29, 1.82) is 0 Å². The van der Waals surface area contributed by atoms with Crippen LogP contribution < -0.4 is 5.73 Å². The van der Waals surface area contributed by atoms with Gasteiger partial charge in [-0.25, -0.2) is 0 Å². The predicted molar refractivity (Wildman–Crippen MR) is 63.8 cm³/mol. The molecule has 14 heavy (non-hydrogen) atoms. The van der Waals surface area contributed by atoms with Gasteiger partial charge in [-0.2, -0.15) is 11.8 Å². The molecule has 0 aromatic rings. The zero-order chi connectivity index (χ0) is 9.86. The Morgan fingerprint density at radius 1 is 1.21 bits per heavy atom. The fourth-order valence-corrected chi connectivity index (χ4v) is 4.43. The molecule has 1 saturated heterocycles. The topological polar surface area (TPSA) is 29.3 Å².